The zero-order chi connectivity index (χ0) is 13.7. The van der Waals surface area contributed by atoms with Gasteiger partial charge in [-0.15, -0.1) is 0 Å². The highest BCUT2D eigenvalue weighted by Crippen LogP contribution is 2.35. The number of methoxy groups -OCH3 is 3. The summed E-state index contributed by atoms with van der Waals surface area (Å²) in [4.78, 5) is 12.1. The van der Waals surface area contributed by atoms with Crippen molar-refractivity contribution in [3.63, 3.8) is 0 Å². The van der Waals surface area contributed by atoms with Crippen LogP contribution in [0.15, 0.2) is 24.3 Å². The van der Waals surface area contributed by atoms with Gasteiger partial charge in [-0.1, -0.05) is 12.2 Å². The molecule has 0 heterocycles. The first-order chi connectivity index (χ1) is 8.53. The second kappa shape index (κ2) is 6.10. The molecule has 0 aliphatic carbocycles. The fourth-order valence-electron chi connectivity index (χ4n) is 1.62. The summed E-state index contributed by atoms with van der Waals surface area (Å²) < 4.78 is 15.5. The van der Waals surface area contributed by atoms with Crippen LogP contribution in [0, 0.1) is 0 Å². The highest BCUT2D eigenvalue weighted by Gasteiger charge is 2.17. The van der Waals surface area contributed by atoms with Crippen molar-refractivity contribution in [3.05, 3.63) is 29.8 Å². The second-order valence-electron chi connectivity index (χ2n) is 3.96. The summed E-state index contributed by atoms with van der Waals surface area (Å²) in [7, 11) is 4.57. The Morgan fingerprint density at radius 2 is 1.56 bits per heavy atom. The Morgan fingerprint density at radius 3 is 2.00 bits per heavy atom. The van der Waals surface area contributed by atoms with E-state index in [0.29, 0.717) is 22.8 Å². The summed E-state index contributed by atoms with van der Waals surface area (Å²) >= 11 is 0. The number of hydrogen-bond donors (Lipinski definition) is 0. The maximum Gasteiger partial charge on any atom is 0.170 e. The largest absolute Gasteiger partial charge is 0.496 e. The molecule has 1 rings (SSSR count). The minimum atomic E-state index is -0.0553. The first kappa shape index (κ1) is 14.1. The maximum atomic E-state index is 12.1. The lowest BCUT2D eigenvalue weighted by Crippen LogP contribution is -2.04. The molecule has 0 N–H and O–H groups in total. The molecule has 1 aromatic carbocycles. The van der Waals surface area contributed by atoms with Crippen LogP contribution in [0.2, 0.25) is 0 Å². The van der Waals surface area contributed by atoms with Gasteiger partial charge in [0.1, 0.15) is 5.75 Å². The fraction of sp³-hybridized carbons (Fsp3) is 0.357. The molecule has 0 saturated heterocycles. The zero-order valence-corrected chi connectivity index (χ0v) is 11.2. The number of ketones is 1. The van der Waals surface area contributed by atoms with E-state index < -0.39 is 0 Å². The molecule has 0 amide bonds. The normalized spacial score (nSPS) is 9.78. The molecule has 0 aromatic heterocycles. The average molecular weight is 250 g/mol. The molecule has 1 aromatic rings. The van der Waals surface area contributed by atoms with E-state index in [2.05, 4.69) is 6.58 Å². The summed E-state index contributed by atoms with van der Waals surface area (Å²) in [5, 5.41) is 0. The van der Waals surface area contributed by atoms with Crippen LogP contribution >= 0.6 is 0 Å². The Balaban J connectivity index is 3.24. The third kappa shape index (κ3) is 3.03. The lowest BCUT2D eigenvalue weighted by atomic mass is 10.0. The average Bonchev–Trinajstić information content (AvgIpc) is 2.36. The minimum Gasteiger partial charge on any atom is -0.496 e. The molecule has 0 spiro atoms. The fourth-order valence-corrected chi connectivity index (χ4v) is 1.62. The number of carbonyl (C=O) groups excluding carboxylic acids is 1. The molecule has 0 radical (unpaired) electrons. The van der Waals surface area contributed by atoms with E-state index in [1.54, 1.807) is 12.1 Å². The van der Waals surface area contributed by atoms with Crippen molar-refractivity contribution >= 4 is 5.78 Å². The van der Waals surface area contributed by atoms with Gasteiger partial charge in [-0.2, -0.15) is 0 Å². The zero-order valence-electron chi connectivity index (χ0n) is 11.2. The van der Waals surface area contributed by atoms with E-state index >= 15 is 0 Å². The molecule has 0 aliphatic heterocycles. The van der Waals surface area contributed by atoms with E-state index in [4.69, 9.17) is 14.2 Å². The Morgan fingerprint density at radius 1 is 1.06 bits per heavy atom. The topological polar surface area (TPSA) is 44.8 Å². The number of allylic oxidation sites excluding steroid dienone is 1. The molecule has 4 heteroatoms. The Bertz CT molecular complexity index is 463. The van der Waals surface area contributed by atoms with Gasteiger partial charge in [-0.25, -0.2) is 0 Å². The van der Waals surface area contributed by atoms with Gasteiger partial charge in [0, 0.05) is 12.5 Å². The summed E-state index contributed by atoms with van der Waals surface area (Å²) in [6, 6.07) is 3.27. The van der Waals surface area contributed by atoms with E-state index in [1.165, 1.54) is 21.3 Å². The van der Waals surface area contributed by atoms with Crippen LogP contribution in [0.1, 0.15) is 23.7 Å². The molecule has 18 heavy (non-hydrogen) atoms. The minimum absolute atomic E-state index is 0.0553. The Kier molecular flexibility index (Phi) is 4.77. The summed E-state index contributed by atoms with van der Waals surface area (Å²) in [6.45, 7) is 5.55. The smallest absolute Gasteiger partial charge is 0.170 e. The standard InChI is InChI=1S/C14H18O4/c1-9(2)6-11(15)10-7-13(17-4)14(18-5)8-12(10)16-3/h7-8H,1,6H2,2-5H3. The summed E-state index contributed by atoms with van der Waals surface area (Å²) in [5.74, 6) is 1.45. The maximum absolute atomic E-state index is 12.1. The molecule has 0 bridgehead atoms. The van der Waals surface area contributed by atoms with Gasteiger partial charge in [0.2, 0.25) is 0 Å². The van der Waals surface area contributed by atoms with Crippen LogP contribution in [0.3, 0.4) is 0 Å². The number of hydrogen-bond acceptors (Lipinski definition) is 4. The van der Waals surface area contributed by atoms with Gasteiger partial charge in [0.15, 0.2) is 17.3 Å². The number of rotatable bonds is 6. The molecule has 0 atom stereocenters. The first-order valence-electron chi connectivity index (χ1n) is 5.51. The van der Waals surface area contributed by atoms with Crippen LogP contribution in [-0.2, 0) is 0 Å². The molecule has 0 fully saturated rings. The molecule has 0 saturated carbocycles. The molecule has 98 valence electrons. The SMILES string of the molecule is C=C(C)CC(=O)c1cc(OC)c(OC)cc1OC. The van der Waals surface area contributed by atoms with Crippen LogP contribution in [-0.4, -0.2) is 27.1 Å². The molecule has 0 aliphatic rings. The van der Waals surface area contributed by atoms with E-state index in [-0.39, 0.29) is 12.2 Å². The van der Waals surface area contributed by atoms with Gasteiger partial charge in [0.05, 0.1) is 26.9 Å². The Hall–Kier alpha value is -1.97. The molecule has 4 nitrogen and oxygen atoms in total. The highest BCUT2D eigenvalue weighted by molar-refractivity contribution is 6.00. The van der Waals surface area contributed by atoms with Crippen molar-refractivity contribution < 1.29 is 19.0 Å². The number of ether oxygens (including phenoxy) is 3. The van der Waals surface area contributed by atoms with Crippen molar-refractivity contribution in [3.8, 4) is 17.2 Å². The van der Waals surface area contributed by atoms with Crippen molar-refractivity contribution in [2.24, 2.45) is 0 Å². The highest BCUT2D eigenvalue weighted by atomic mass is 16.5. The first-order valence-corrected chi connectivity index (χ1v) is 5.51. The van der Waals surface area contributed by atoms with Crippen LogP contribution in [0.25, 0.3) is 0 Å². The molecular weight excluding hydrogens is 232 g/mol. The van der Waals surface area contributed by atoms with E-state index in [1.807, 2.05) is 6.92 Å². The van der Waals surface area contributed by atoms with Crippen molar-refractivity contribution in [2.75, 3.05) is 21.3 Å². The third-order valence-corrected chi connectivity index (χ3v) is 2.47. The van der Waals surface area contributed by atoms with Crippen LogP contribution in [0.5, 0.6) is 17.2 Å². The van der Waals surface area contributed by atoms with Gasteiger partial charge in [-0.3, -0.25) is 4.79 Å². The molecular formula is C14H18O4. The Labute approximate surface area is 107 Å². The quantitative estimate of drug-likeness (QED) is 0.575. The van der Waals surface area contributed by atoms with Crippen molar-refractivity contribution in [1.29, 1.82) is 0 Å². The van der Waals surface area contributed by atoms with Crippen molar-refractivity contribution in [2.45, 2.75) is 13.3 Å². The van der Waals surface area contributed by atoms with Gasteiger partial charge < -0.3 is 14.2 Å². The third-order valence-electron chi connectivity index (χ3n) is 2.47. The monoisotopic (exact) mass is 250 g/mol. The van der Waals surface area contributed by atoms with Gasteiger partial charge in [0.25, 0.3) is 0 Å². The molecule has 0 unspecified atom stereocenters. The lowest BCUT2D eigenvalue weighted by molar-refractivity contribution is 0.0990. The number of carbonyl (C=O) groups is 1. The van der Waals surface area contributed by atoms with Gasteiger partial charge >= 0.3 is 0 Å². The predicted molar refractivity (Wildman–Crippen MR) is 69.9 cm³/mol. The van der Waals surface area contributed by atoms with Crippen molar-refractivity contribution in [1.82, 2.24) is 0 Å². The van der Waals surface area contributed by atoms with E-state index in [9.17, 15) is 4.79 Å². The predicted octanol–water partition coefficient (Wildman–Crippen LogP) is 2.86. The van der Waals surface area contributed by atoms with Crippen LogP contribution in [0.4, 0.5) is 0 Å². The second-order valence-corrected chi connectivity index (χ2v) is 3.96. The summed E-state index contributed by atoms with van der Waals surface area (Å²) in [5.41, 5.74) is 1.27. The van der Waals surface area contributed by atoms with Crippen LogP contribution < -0.4 is 14.2 Å². The summed E-state index contributed by atoms with van der Waals surface area (Å²) in [6.07, 6.45) is 0.284. The lowest BCUT2D eigenvalue weighted by Gasteiger charge is -2.13. The van der Waals surface area contributed by atoms with Gasteiger partial charge in [-0.05, 0) is 13.0 Å². The van der Waals surface area contributed by atoms with E-state index in [0.717, 1.165) is 5.57 Å². The number of benzene rings is 1. The number of Topliss-reactive ketones (excluding diaryl/α,β-unsaturated/α-hetero) is 1.